The van der Waals surface area contributed by atoms with Gasteiger partial charge >= 0.3 is 6.09 Å². The topological polar surface area (TPSA) is 129 Å². The molecule has 0 radical (unpaired) electrons. The van der Waals surface area contributed by atoms with Crippen molar-refractivity contribution in [3.05, 3.63) is 35.3 Å². The normalized spacial score (nSPS) is 18.8. The molecule has 2 amide bonds. The molecule has 4 rings (SSSR count). The van der Waals surface area contributed by atoms with Crippen molar-refractivity contribution in [2.45, 2.75) is 38.5 Å². The molecule has 0 aliphatic carbocycles. The number of ether oxygens (including phenoxy) is 2. The van der Waals surface area contributed by atoms with Gasteiger partial charge in [-0.1, -0.05) is 0 Å². The molecule has 3 fully saturated rings. The lowest BCUT2D eigenvalue weighted by Gasteiger charge is -2.33. The fourth-order valence-electron chi connectivity index (χ4n) is 5.44. The van der Waals surface area contributed by atoms with Crippen molar-refractivity contribution in [1.29, 1.82) is 0 Å². The smallest absolute Gasteiger partial charge is 0.407 e. The molecule has 39 heavy (non-hydrogen) atoms. The summed E-state index contributed by atoms with van der Waals surface area (Å²) >= 11 is 0. The van der Waals surface area contributed by atoms with Gasteiger partial charge in [-0.3, -0.25) is 4.79 Å². The maximum atomic E-state index is 13.3. The van der Waals surface area contributed by atoms with Gasteiger partial charge in [-0.15, -0.1) is 0 Å². The van der Waals surface area contributed by atoms with Crippen LogP contribution in [0.25, 0.3) is 0 Å². The first-order valence-corrected chi connectivity index (χ1v) is 13.5. The van der Waals surface area contributed by atoms with Crippen LogP contribution in [-0.2, 0) is 14.3 Å². The van der Waals surface area contributed by atoms with Crippen LogP contribution in [0.4, 0.5) is 10.5 Å². The van der Waals surface area contributed by atoms with E-state index in [1.54, 1.807) is 29.0 Å². The molecule has 0 spiro atoms. The maximum absolute atomic E-state index is 13.3. The molecule has 3 aliphatic rings. The SMILES string of the molecule is COc1ccc(C(=O)N2CCC(COCCC3CCN(C(=O)O)CC3)CC2)cc1N1CCC(=C=O)NC1=C=O. The minimum Gasteiger partial charge on any atom is -0.495 e. The third kappa shape index (κ3) is 7.00. The third-order valence-corrected chi connectivity index (χ3v) is 7.87. The van der Waals surface area contributed by atoms with E-state index in [1.807, 2.05) is 10.8 Å². The zero-order valence-electron chi connectivity index (χ0n) is 22.3. The quantitative estimate of drug-likeness (QED) is 0.378. The summed E-state index contributed by atoms with van der Waals surface area (Å²) in [5, 5.41) is 11.8. The van der Waals surface area contributed by atoms with Crippen LogP contribution in [0.3, 0.4) is 0 Å². The van der Waals surface area contributed by atoms with Crippen molar-refractivity contribution in [2.24, 2.45) is 11.8 Å². The number of carbonyl (C=O) groups excluding carboxylic acids is 3. The molecule has 210 valence electrons. The molecule has 0 atom stereocenters. The van der Waals surface area contributed by atoms with Crippen LogP contribution < -0.4 is 15.0 Å². The summed E-state index contributed by atoms with van der Waals surface area (Å²) in [5.74, 6) is 5.02. The minimum atomic E-state index is -0.836. The van der Waals surface area contributed by atoms with Crippen molar-refractivity contribution >= 4 is 29.6 Å². The van der Waals surface area contributed by atoms with E-state index < -0.39 is 6.09 Å². The van der Waals surface area contributed by atoms with Crippen LogP contribution in [0.5, 0.6) is 5.75 Å². The van der Waals surface area contributed by atoms with Crippen LogP contribution in [0.15, 0.2) is 29.7 Å². The lowest BCUT2D eigenvalue weighted by molar-refractivity contribution is 0.0460. The highest BCUT2D eigenvalue weighted by Gasteiger charge is 2.28. The third-order valence-electron chi connectivity index (χ3n) is 7.87. The molecule has 0 bridgehead atoms. The first-order chi connectivity index (χ1) is 18.9. The number of likely N-dealkylation sites (tertiary alicyclic amines) is 2. The number of rotatable bonds is 8. The molecular formula is C28H36N4O7. The molecule has 0 aromatic heterocycles. The number of anilines is 1. The predicted octanol–water partition coefficient (Wildman–Crippen LogP) is 2.53. The van der Waals surface area contributed by atoms with E-state index in [1.165, 1.54) is 12.0 Å². The number of nitrogens with zero attached hydrogens (tertiary/aromatic N) is 3. The van der Waals surface area contributed by atoms with Gasteiger partial charge in [0.2, 0.25) is 0 Å². The van der Waals surface area contributed by atoms with Gasteiger partial charge in [0, 0.05) is 57.9 Å². The lowest BCUT2D eigenvalue weighted by atomic mass is 9.94. The molecule has 0 saturated carbocycles. The predicted molar refractivity (Wildman–Crippen MR) is 143 cm³/mol. The van der Waals surface area contributed by atoms with E-state index >= 15 is 0 Å². The number of piperidine rings is 2. The number of carbonyl (C=O) groups is 2. The Morgan fingerprint density at radius 3 is 2.33 bits per heavy atom. The fourth-order valence-corrected chi connectivity index (χ4v) is 5.44. The second kappa shape index (κ2) is 13.3. The van der Waals surface area contributed by atoms with Crippen molar-refractivity contribution in [3.63, 3.8) is 0 Å². The summed E-state index contributed by atoms with van der Waals surface area (Å²) in [7, 11) is 1.52. The van der Waals surface area contributed by atoms with Gasteiger partial charge in [0.05, 0.1) is 12.8 Å². The van der Waals surface area contributed by atoms with Crippen molar-refractivity contribution in [2.75, 3.05) is 57.9 Å². The summed E-state index contributed by atoms with van der Waals surface area (Å²) in [6, 6.07) is 5.15. The highest BCUT2D eigenvalue weighted by Crippen LogP contribution is 2.33. The molecule has 11 nitrogen and oxygen atoms in total. The molecule has 1 aromatic carbocycles. The van der Waals surface area contributed by atoms with Gasteiger partial charge in [0.25, 0.3) is 5.91 Å². The van der Waals surface area contributed by atoms with Gasteiger partial charge in [0.1, 0.15) is 17.4 Å². The van der Waals surface area contributed by atoms with Crippen molar-refractivity contribution in [3.8, 4) is 5.75 Å². The zero-order valence-corrected chi connectivity index (χ0v) is 22.3. The number of amides is 2. The van der Waals surface area contributed by atoms with Gasteiger partial charge in [0.15, 0.2) is 11.8 Å². The number of nitrogens with one attached hydrogen (secondary N) is 1. The Labute approximate surface area is 228 Å². The fraction of sp³-hybridized carbons (Fsp3) is 0.571. The molecule has 1 aromatic rings. The summed E-state index contributed by atoms with van der Waals surface area (Å²) in [5.41, 5.74) is 1.33. The van der Waals surface area contributed by atoms with E-state index in [2.05, 4.69) is 5.32 Å². The van der Waals surface area contributed by atoms with E-state index in [4.69, 9.17) is 14.6 Å². The molecule has 0 unspecified atom stereocenters. The van der Waals surface area contributed by atoms with Gasteiger partial charge in [-0.2, -0.15) is 0 Å². The molecule has 11 heteroatoms. The first-order valence-electron chi connectivity index (χ1n) is 13.5. The van der Waals surface area contributed by atoms with E-state index in [-0.39, 0.29) is 17.4 Å². The minimum absolute atomic E-state index is 0.0778. The molecule has 3 saturated heterocycles. The molecule has 2 N–H and O–H groups in total. The highest BCUT2D eigenvalue weighted by molar-refractivity contribution is 5.96. The first kappa shape index (κ1) is 28.2. The van der Waals surface area contributed by atoms with Crippen LogP contribution in [0, 0.1) is 11.8 Å². The number of methoxy groups -OCH3 is 1. The monoisotopic (exact) mass is 540 g/mol. The summed E-state index contributed by atoms with van der Waals surface area (Å²) in [6.07, 6.45) is 3.99. The summed E-state index contributed by atoms with van der Waals surface area (Å²) < 4.78 is 11.4. The number of hydrogen-bond acceptors (Lipinski definition) is 8. The average Bonchev–Trinajstić information content (AvgIpc) is 2.98. The Balaban J connectivity index is 1.26. The van der Waals surface area contributed by atoms with Gasteiger partial charge < -0.3 is 34.6 Å². The Hall–Kier alpha value is -3.78. The Bertz CT molecular complexity index is 1140. The van der Waals surface area contributed by atoms with Crippen molar-refractivity contribution in [1.82, 2.24) is 15.1 Å². The van der Waals surface area contributed by atoms with Crippen LogP contribution in [-0.4, -0.2) is 91.8 Å². The molecule has 3 heterocycles. The Kier molecular flexibility index (Phi) is 9.65. The van der Waals surface area contributed by atoms with E-state index in [0.717, 1.165) is 32.1 Å². The largest absolute Gasteiger partial charge is 0.495 e. The standard InChI is InChI=1S/C28H36N4O7/c1-38-25-3-2-22(16-24(25)32-14-8-23(17-33)29-26(32)18-34)27(35)30-10-6-21(7-11-30)19-39-15-9-20-4-12-31(13-5-20)28(36)37/h2-3,16,20-21,29H,4-15,19H2,1H3,(H,36,37). The van der Waals surface area contributed by atoms with Gasteiger partial charge in [-0.05, 0) is 62.1 Å². The van der Waals surface area contributed by atoms with Gasteiger partial charge in [-0.25, -0.2) is 14.4 Å². The number of hydrogen-bond donors (Lipinski definition) is 2. The zero-order chi connectivity index (χ0) is 27.8. The number of carboxylic acid groups (broad SMARTS) is 1. The molecular weight excluding hydrogens is 504 g/mol. The average molecular weight is 541 g/mol. The second-order valence-corrected chi connectivity index (χ2v) is 10.3. The lowest BCUT2D eigenvalue weighted by Crippen LogP contribution is -2.40. The summed E-state index contributed by atoms with van der Waals surface area (Å²) in [4.78, 5) is 51.9. The van der Waals surface area contributed by atoms with E-state index in [9.17, 15) is 19.2 Å². The van der Waals surface area contributed by atoms with Crippen LogP contribution in [0.1, 0.15) is 48.9 Å². The maximum Gasteiger partial charge on any atom is 0.407 e. The summed E-state index contributed by atoms with van der Waals surface area (Å²) in [6.45, 7) is 4.18. The van der Waals surface area contributed by atoms with Crippen LogP contribution in [0.2, 0.25) is 0 Å². The Morgan fingerprint density at radius 2 is 1.69 bits per heavy atom. The number of benzene rings is 1. The second-order valence-electron chi connectivity index (χ2n) is 10.3. The Morgan fingerprint density at radius 1 is 1.00 bits per heavy atom. The highest BCUT2D eigenvalue weighted by atomic mass is 16.5. The molecule has 3 aliphatic heterocycles. The van der Waals surface area contributed by atoms with E-state index in [0.29, 0.717) is 81.2 Å². The van der Waals surface area contributed by atoms with Crippen molar-refractivity contribution < 1.29 is 33.8 Å². The van der Waals surface area contributed by atoms with Crippen LogP contribution >= 0.6 is 0 Å².